The van der Waals surface area contributed by atoms with Gasteiger partial charge < -0.3 is 20.7 Å². The molecule has 0 spiro atoms. The van der Waals surface area contributed by atoms with Gasteiger partial charge in [0, 0.05) is 32.8 Å². The zero-order valence-electron chi connectivity index (χ0n) is 17.6. The summed E-state index contributed by atoms with van der Waals surface area (Å²) in [7, 11) is 3.23. The van der Waals surface area contributed by atoms with Crippen LogP contribution in [0.15, 0.2) is 53.5 Å². The van der Waals surface area contributed by atoms with Gasteiger partial charge >= 0.3 is 0 Å². The van der Waals surface area contributed by atoms with Crippen LogP contribution in [-0.2, 0) is 11.2 Å². The van der Waals surface area contributed by atoms with Crippen molar-refractivity contribution in [1.82, 2.24) is 16.0 Å². The van der Waals surface area contributed by atoms with Crippen LogP contribution < -0.4 is 16.0 Å². The van der Waals surface area contributed by atoms with Crippen LogP contribution in [0.25, 0.3) is 0 Å². The third-order valence-electron chi connectivity index (χ3n) is 4.41. The molecule has 0 aliphatic heterocycles. The Morgan fingerprint density at radius 2 is 1.90 bits per heavy atom. The molecule has 3 N–H and O–H groups in total. The van der Waals surface area contributed by atoms with Crippen LogP contribution in [0.2, 0.25) is 0 Å². The zero-order chi connectivity index (χ0) is 21.1. The largest absolute Gasteiger partial charge is 0.375 e. The number of amides is 1. The van der Waals surface area contributed by atoms with Crippen LogP contribution in [0, 0.1) is 5.82 Å². The highest BCUT2D eigenvalue weighted by Gasteiger charge is 2.11. The highest BCUT2D eigenvalue weighted by atomic mass is 127. The van der Waals surface area contributed by atoms with Gasteiger partial charge in [-0.2, -0.15) is 0 Å². The van der Waals surface area contributed by atoms with Crippen molar-refractivity contribution in [2.75, 3.05) is 33.8 Å². The van der Waals surface area contributed by atoms with E-state index in [2.05, 4.69) is 20.9 Å². The van der Waals surface area contributed by atoms with Crippen LogP contribution in [0.5, 0.6) is 0 Å². The topological polar surface area (TPSA) is 74.8 Å². The first-order valence-electron chi connectivity index (χ1n) is 9.68. The van der Waals surface area contributed by atoms with Gasteiger partial charge in [0.15, 0.2) is 5.96 Å². The number of guanidine groups is 1. The molecule has 1 atom stereocenters. The Hall–Kier alpha value is -2.20. The van der Waals surface area contributed by atoms with E-state index < -0.39 is 0 Å². The van der Waals surface area contributed by atoms with Crippen LogP contribution in [-0.4, -0.2) is 45.7 Å². The molecule has 1 unspecified atom stereocenters. The summed E-state index contributed by atoms with van der Waals surface area (Å²) in [5.74, 6) is 0.308. The van der Waals surface area contributed by atoms with Crippen molar-refractivity contribution >= 4 is 35.8 Å². The number of benzene rings is 2. The summed E-state index contributed by atoms with van der Waals surface area (Å²) in [6.07, 6.45) is 0.497. The minimum absolute atomic E-state index is 0. The SMILES string of the molecule is CCNC(=NCC(OC)c1ccc(F)cc1)NCCc1cccc(C(=O)NC)c1.I. The molecule has 2 rings (SSSR count). The lowest BCUT2D eigenvalue weighted by Gasteiger charge is -2.16. The number of nitrogens with one attached hydrogen (secondary N) is 3. The molecule has 1 amide bonds. The van der Waals surface area contributed by atoms with Crippen LogP contribution in [0.4, 0.5) is 4.39 Å². The Morgan fingerprint density at radius 1 is 1.17 bits per heavy atom. The van der Waals surface area contributed by atoms with Crippen LogP contribution in [0.1, 0.15) is 34.5 Å². The van der Waals surface area contributed by atoms with Crippen molar-refractivity contribution in [1.29, 1.82) is 0 Å². The lowest BCUT2D eigenvalue weighted by Crippen LogP contribution is -2.38. The number of aliphatic imine (C=N–C) groups is 1. The van der Waals surface area contributed by atoms with Crippen molar-refractivity contribution in [3.05, 3.63) is 71.0 Å². The summed E-state index contributed by atoms with van der Waals surface area (Å²) in [4.78, 5) is 16.3. The fourth-order valence-corrected chi connectivity index (χ4v) is 2.85. The number of methoxy groups -OCH3 is 1. The Labute approximate surface area is 194 Å². The maximum atomic E-state index is 13.1. The van der Waals surface area contributed by atoms with E-state index in [1.165, 1.54) is 12.1 Å². The number of nitrogens with zero attached hydrogens (tertiary/aromatic N) is 1. The van der Waals surface area contributed by atoms with Crippen LogP contribution in [0.3, 0.4) is 0 Å². The number of carbonyl (C=O) groups excluding carboxylic acids is 1. The molecule has 0 radical (unpaired) electrons. The minimum atomic E-state index is -0.275. The monoisotopic (exact) mass is 528 g/mol. The summed E-state index contributed by atoms with van der Waals surface area (Å²) in [5, 5.41) is 9.13. The second-order valence-electron chi connectivity index (χ2n) is 6.45. The summed E-state index contributed by atoms with van der Waals surface area (Å²) < 4.78 is 18.6. The van der Waals surface area contributed by atoms with Crippen molar-refractivity contribution in [2.24, 2.45) is 4.99 Å². The second-order valence-corrected chi connectivity index (χ2v) is 6.45. The standard InChI is InChI=1S/C22H29FN4O2.HI/c1-4-25-22(27-15-20(29-3)17-8-10-19(23)11-9-17)26-13-12-16-6-5-7-18(14-16)21(28)24-2;/h5-11,14,20H,4,12-13,15H2,1-3H3,(H,24,28)(H2,25,26,27);1H. The van der Waals surface area contributed by atoms with E-state index >= 15 is 0 Å². The zero-order valence-corrected chi connectivity index (χ0v) is 19.9. The average molecular weight is 528 g/mol. The van der Waals surface area contributed by atoms with E-state index in [1.54, 1.807) is 32.4 Å². The van der Waals surface area contributed by atoms with Gasteiger partial charge in [0.1, 0.15) is 11.9 Å². The summed E-state index contributed by atoms with van der Waals surface area (Å²) in [6.45, 7) is 3.80. The molecule has 2 aromatic rings. The quantitative estimate of drug-likeness (QED) is 0.266. The maximum absolute atomic E-state index is 13.1. The molecule has 0 fully saturated rings. The summed E-state index contributed by atoms with van der Waals surface area (Å²) in [6, 6.07) is 13.8. The van der Waals surface area contributed by atoms with E-state index in [4.69, 9.17) is 4.74 Å². The van der Waals surface area contributed by atoms with Crippen LogP contribution >= 0.6 is 24.0 Å². The highest BCUT2D eigenvalue weighted by molar-refractivity contribution is 14.0. The molecule has 164 valence electrons. The van der Waals surface area contributed by atoms with Crippen molar-refractivity contribution in [2.45, 2.75) is 19.4 Å². The predicted molar refractivity (Wildman–Crippen MR) is 129 cm³/mol. The van der Waals surface area contributed by atoms with Gasteiger partial charge in [0.25, 0.3) is 5.91 Å². The molecule has 6 nitrogen and oxygen atoms in total. The van der Waals surface area contributed by atoms with Gasteiger partial charge in [-0.1, -0.05) is 24.3 Å². The molecule has 0 saturated carbocycles. The fourth-order valence-electron chi connectivity index (χ4n) is 2.85. The van der Waals surface area contributed by atoms with E-state index in [0.717, 1.165) is 24.1 Å². The highest BCUT2D eigenvalue weighted by Crippen LogP contribution is 2.17. The molecule has 0 saturated heterocycles. The Balaban J connectivity index is 0.00000450. The third-order valence-corrected chi connectivity index (χ3v) is 4.41. The molecule has 8 heteroatoms. The summed E-state index contributed by atoms with van der Waals surface area (Å²) in [5.41, 5.74) is 2.59. The first kappa shape index (κ1) is 25.8. The smallest absolute Gasteiger partial charge is 0.251 e. The lowest BCUT2D eigenvalue weighted by molar-refractivity contribution is 0.0963. The van der Waals surface area contributed by atoms with Gasteiger partial charge in [-0.15, -0.1) is 24.0 Å². The molecule has 0 heterocycles. The second kappa shape index (κ2) is 13.9. The molecular formula is C22H30FIN4O2. The van der Waals surface area contributed by atoms with E-state index in [1.807, 2.05) is 25.1 Å². The molecule has 2 aromatic carbocycles. The Morgan fingerprint density at radius 3 is 2.53 bits per heavy atom. The first-order valence-corrected chi connectivity index (χ1v) is 9.68. The Kier molecular flexibility index (Phi) is 12.0. The predicted octanol–water partition coefficient (Wildman–Crippen LogP) is 3.29. The normalized spacial score (nSPS) is 11.9. The number of hydrogen-bond acceptors (Lipinski definition) is 3. The molecule has 0 bridgehead atoms. The van der Waals surface area contributed by atoms with Crippen molar-refractivity contribution in [3.63, 3.8) is 0 Å². The molecule has 0 aromatic heterocycles. The fraction of sp³-hybridized carbons (Fsp3) is 0.364. The number of hydrogen-bond donors (Lipinski definition) is 3. The molecule has 0 aliphatic rings. The van der Waals surface area contributed by atoms with Gasteiger partial charge in [-0.05, 0) is 48.7 Å². The van der Waals surface area contributed by atoms with E-state index in [-0.39, 0.29) is 41.8 Å². The van der Waals surface area contributed by atoms with Gasteiger partial charge in [-0.25, -0.2) is 4.39 Å². The lowest BCUT2D eigenvalue weighted by atomic mass is 10.1. The number of rotatable bonds is 9. The molecular weight excluding hydrogens is 498 g/mol. The number of ether oxygens (including phenoxy) is 1. The number of carbonyl (C=O) groups is 1. The average Bonchev–Trinajstić information content (AvgIpc) is 2.75. The first-order chi connectivity index (χ1) is 14.1. The molecule has 0 aliphatic carbocycles. The van der Waals surface area contributed by atoms with E-state index in [0.29, 0.717) is 24.6 Å². The van der Waals surface area contributed by atoms with Gasteiger partial charge in [-0.3, -0.25) is 9.79 Å². The molecule has 30 heavy (non-hydrogen) atoms. The Bertz CT molecular complexity index is 815. The number of halogens is 2. The van der Waals surface area contributed by atoms with Crippen molar-refractivity contribution in [3.8, 4) is 0 Å². The van der Waals surface area contributed by atoms with Gasteiger partial charge in [0.05, 0.1) is 6.54 Å². The van der Waals surface area contributed by atoms with Crippen molar-refractivity contribution < 1.29 is 13.9 Å². The van der Waals surface area contributed by atoms with E-state index in [9.17, 15) is 9.18 Å². The van der Waals surface area contributed by atoms with Gasteiger partial charge in [0.2, 0.25) is 0 Å². The third kappa shape index (κ3) is 8.27. The summed E-state index contributed by atoms with van der Waals surface area (Å²) >= 11 is 0. The minimum Gasteiger partial charge on any atom is -0.375 e. The maximum Gasteiger partial charge on any atom is 0.251 e.